The zero-order chi connectivity index (χ0) is 26.4. The molecule has 3 fully saturated rings. The number of aryl methyl sites for hydroxylation is 1. The van der Waals surface area contributed by atoms with Crippen LogP contribution in [0, 0.1) is 41.3 Å². The normalized spacial score (nSPS) is 31.3. The molecule has 4 rings (SSSR count). The van der Waals surface area contributed by atoms with Gasteiger partial charge in [0.15, 0.2) is 11.6 Å². The van der Waals surface area contributed by atoms with Crippen LogP contribution < -0.4 is 4.74 Å². The lowest BCUT2D eigenvalue weighted by Crippen LogP contribution is -2.29. The van der Waals surface area contributed by atoms with Crippen LogP contribution in [0.25, 0.3) is 0 Å². The minimum absolute atomic E-state index is 0.0672. The number of rotatable bonds is 9. The van der Waals surface area contributed by atoms with E-state index in [9.17, 15) is 17.6 Å². The lowest BCUT2D eigenvalue weighted by molar-refractivity contribution is -0.140. The van der Waals surface area contributed by atoms with Gasteiger partial charge < -0.3 is 4.74 Å². The zero-order valence-electron chi connectivity index (χ0n) is 23.1. The third-order valence-corrected chi connectivity index (χ3v) is 10.2. The molecule has 3 aliphatic rings. The Morgan fingerprint density at radius 2 is 1.16 bits per heavy atom. The fourth-order valence-corrected chi connectivity index (χ4v) is 8.13. The summed E-state index contributed by atoms with van der Waals surface area (Å²) >= 11 is 0. The van der Waals surface area contributed by atoms with Gasteiger partial charge >= 0.3 is 6.18 Å². The lowest BCUT2D eigenvalue weighted by Gasteiger charge is -2.41. The Hall–Kier alpha value is -1.26. The van der Waals surface area contributed by atoms with Crippen LogP contribution in [0.4, 0.5) is 17.6 Å². The number of benzene rings is 1. The van der Waals surface area contributed by atoms with Gasteiger partial charge in [-0.25, -0.2) is 4.39 Å². The van der Waals surface area contributed by atoms with Crippen LogP contribution >= 0.6 is 0 Å². The first-order valence-corrected chi connectivity index (χ1v) is 15.3. The summed E-state index contributed by atoms with van der Waals surface area (Å²) in [5.41, 5.74) is -1.07. The first-order chi connectivity index (χ1) is 17.8. The lowest BCUT2D eigenvalue weighted by atomic mass is 9.64. The van der Waals surface area contributed by atoms with Gasteiger partial charge in [0.05, 0.1) is 12.2 Å². The monoisotopic (exact) mass is 524 g/mol. The average Bonchev–Trinajstić information content (AvgIpc) is 2.89. The molecule has 210 valence electrons. The van der Waals surface area contributed by atoms with Crippen molar-refractivity contribution >= 4 is 0 Å². The molecular formula is C32H48F4O. The van der Waals surface area contributed by atoms with Crippen LogP contribution in [0.3, 0.4) is 0 Å². The van der Waals surface area contributed by atoms with Crippen molar-refractivity contribution in [3.05, 3.63) is 29.1 Å². The number of hydrogen-bond donors (Lipinski definition) is 0. The van der Waals surface area contributed by atoms with Crippen LogP contribution in [0.15, 0.2) is 12.1 Å². The Bertz CT molecular complexity index is 826. The maximum absolute atomic E-state index is 14.6. The molecule has 0 saturated heterocycles. The summed E-state index contributed by atoms with van der Waals surface area (Å²) in [6.45, 7) is 4.09. The van der Waals surface area contributed by atoms with Crippen molar-refractivity contribution in [2.45, 2.75) is 123 Å². The fraction of sp³-hybridized carbons (Fsp3) is 0.812. The highest BCUT2D eigenvalue weighted by molar-refractivity contribution is 5.39. The van der Waals surface area contributed by atoms with Gasteiger partial charge in [-0.1, -0.05) is 51.5 Å². The van der Waals surface area contributed by atoms with Gasteiger partial charge in [-0.15, -0.1) is 0 Å². The molecule has 3 aliphatic carbocycles. The van der Waals surface area contributed by atoms with E-state index in [1.54, 1.807) is 6.92 Å². The van der Waals surface area contributed by atoms with E-state index in [1.165, 1.54) is 89.2 Å². The molecule has 0 spiro atoms. The SMILES string of the molecule is CCCC1CCC(C2CCC(C3CCC(CCc4ccc(OCC)c(F)c4C(F)(F)F)CC3)CC2)CC1. The molecule has 0 aromatic heterocycles. The number of alkyl halides is 3. The van der Waals surface area contributed by atoms with Crippen LogP contribution in [-0.4, -0.2) is 6.61 Å². The summed E-state index contributed by atoms with van der Waals surface area (Å²) in [6, 6.07) is 2.77. The summed E-state index contributed by atoms with van der Waals surface area (Å²) in [5, 5.41) is 0. The largest absolute Gasteiger partial charge is 0.491 e. The Morgan fingerprint density at radius 3 is 1.59 bits per heavy atom. The van der Waals surface area contributed by atoms with Crippen LogP contribution in [-0.2, 0) is 12.6 Å². The molecule has 3 saturated carbocycles. The van der Waals surface area contributed by atoms with Crippen molar-refractivity contribution in [2.24, 2.45) is 35.5 Å². The third-order valence-electron chi connectivity index (χ3n) is 10.2. The molecule has 0 atom stereocenters. The van der Waals surface area contributed by atoms with E-state index in [0.717, 1.165) is 42.4 Å². The molecule has 0 amide bonds. The minimum Gasteiger partial charge on any atom is -0.491 e. The Balaban J connectivity index is 1.21. The second kappa shape index (κ2) is 13.2. The number of hydrogen-bond acceptors (Lipinski definition) is 1. The third kappa shape index (κ3) is 7.44. The molecule has 37 heavy (non-hydrogen) atoms. The van der Waals surface area contributed by atoms with Gasteiger partial charge in [0.1, 0.15) is 0 Å². The quantitative estimate of drug-likeness (QED) is 0.292. The predicted molar refractivity (Wildman–Crippen MR) is 142 cm³/mol. The Kier molecular flexibility index (Phi) is 10.3. The van der Waals surface area contributed by atoms with Gasteiger partial charge in [0, 0.05) is 0 Å². The summed E-state index contributed by atoms with van der Waals surface area (Å²) in [7, 11) is 0. The van der Waals surface area contributed by atoms with Crippen molar-refractivity contribution in [2.75, 3.05) is 6.61 Å². The molecule has 0 heterocycles. The molecule has 5 heteroatoms. The van der Waals surface area contributed by atoms with E-state index in [-0.39, 0.29) is 24.3 Å². The smallest absolute Gasteiger partial charge is 0.419 e. The van der Waals surface area contributed by atoms with Crippen LogP contribution in [0.5, 0.6) is 5.75 Å². The summed E-state index contributed by atoms with van der Waals surface area (Å²) in [4.78, 5) is 0. The standard InChI is InChI=1S/C32H48F4O/c1-3-5-22-6-11-24(12-7-22)26-16-18-27(19-17-26)25-13-8-23(9-14-25)10-15-28-20-21-29(37-4-2)31(33)30(28)32(34,35)36/h20-27H,3-19H2,1-2H3. The number of halogens is 4. The van der Waals surface area contributed by atoms with E-state index >= 15 is 0 Å². The summed E-state index contributed by atoms with van der Waals surface area (Å²) in [6.07, 6.45) is 15.1. The summed E-state index contributed by atoms with van der Waals surface area (Å²) < 4.78 is 60.6. The molecule has 1 nitrogen and oxygen atoms in total. The van der Waals surface area contributed by atoms with Crippen molar-refractivity contribution < 1.29 is 22.3 Å². The molecule has 0 unspecified atom stereocenters. The van der Waals surface area contributed by atoms with E-state index < -0.39 is 17.6 Å². The molecule has 1 aromatic carbocycles. The Labute approximate surface area is 222 Å². The molecule has 0 radical (unpaired) electrons. The van der Waals surface area contributed by atoms with Gasteiger partial charge in [-0.05, 0) is 118 Å². The van der Waals surface area contributed by atoms with Crippen molar-refractivity contribution in [3.8, 4) is 5.75 Å². The topological polar surface area (TPSA) is 9.23 Å². The van der Waals surface area contributed by atoms with E-state index in [2.05, 4.69) is 6.92 Å². The molecule has 0 aliphatic heterocycles. The maximum Gasteiger partial charge on any atom is 0.419 e. The average molecular weight is 525 g/mol. The first kappa shape index (κ1) is 28.7. The van der Waals surface area contributed by atoms with Gasteiger partial charge in [-0.3, -0.25) is 0 Å². The maximum atomic E-state index is 14.6. The van der Waals surface area contributed by atoms with Crippen molar-refractivity contribution in [1.29, 1.82) is 0 Å². The van der Waals surface area contributed by atoms with Gasteiger partial charge in [0.25, 0.3) is 0 Å². The van der Waals surface area contributed by atoms with E-state index in [1.807, 2.05) is 0 Å². The van der Waals surface area contributed by atoms with Gasteiger partial charge in [-0.2, -0.15) is 13.2 Å². The van der Waals surface area contributed by atoms with Crippen molar-refractivity contribution in [1.82, 2.24) is 0 Å². The predicted octanol–water partition coefficient (Wildman–Crippen LogP) is 10.4. The number of ether oxygens (including phenoxy) is 1. The fourth-order valence-electron chi connectivity index (χ4n) is 8.13. The second-order valence-corrected chi connectivity index (χ2v) is 12.4. The summed E-state index contributed by atoms with van der Waals surface area (Å²) in [5.74, 6) is 3.43. The Morgan fingerprint density at radius 1 is 0.703 bits per heavy atom. The van der Waals surface area contributed by atoms with Crippen LogP contribution in [0.1, 0.15) is 121 Å². The highest BCUT2D eigenvalue weighted by atomic mass is 19.4. The first-order valence-electron chi connectivity index (χ1n) is 15.3. The zero-order valence-corrected chi connectivity index (χ0v) is 23.1. The van der Waals surface area contributed by atoms with Crippen LogP contribution in [0.2, 0.25) is 0 Å². The minimum atomic E-state index is -4.71. The second-order valence-electron chi connectivity index (χ2n) is 12.4. The van der Waals surface area contributed by atoms with Crippen molar-refractivity contribution in [3.63, 3.8) is 0 Å². The highest BCUT2D eigenvalue weighted by Gasteiger charge is 2.39. The molecule has 1 aromatic rings. The molecule has 0 bridgehead atoms. The van der Waals surface area contributed by atoms with E-state index in [0.29, 0.717) is 12.3 Å². The molecule has 0 N–H and O–H groups in total. The van der Waals surface area contributed by atoms with E-state index in [4.69, 9.17) is 4.74 Å². The molecular weight excluding hydrogens is 476 g/mol. The van der Waals surface area contributed by atoms with Gasteiger partial charge in [0.2, 0.25) is 0 Å². The highest BCUT2D eigenvalue weighted by Crippen LogP contribution is 2.47.